The summed E-state index contributed by atoms with van der Waals surface area (Å²) in [4.78, 5) is 12.6. The Balaban J connectivity index is 2.20. The van der Waals surface area contributed by atoms with Crippen LogP contribution in [-0.2, 0) is 10.8 Å². The lowest BCUT2D eigenvalue weighted by Gasteiger charge is -2.07. The van der Waals surface area contributed by atoms with Gasteiger partial charge in [0.1, 0.15) is 0 Å². The summed E-state index contributed by atoms with van der Waals surface area (Å²) in [5, 5.41) is 0. The van der Waals surface area contributed by atoms with Gasteiger partial charge in [0.25, 0.3) is 0 Å². The van der Waals surface area contributed by atoms with E-state index in [9.17, 15) is 17.8 Å². The quantitative estimate of drug-likeness (QED) is 0.809. The van der Waals surface area contributed by atoms with Crippen molar-refractivity contribution in [3.05, 3.63) is 64.7 Å². The van der Waals surface area contributed by atoms with Crippen LogP contribution in [0.5, 0.6) is 0 Å². The molecule has 0 bridgehead atoms. The van der Waals surface area contributed by atoms with E-state index in [0.29, 0.717) is 4.90 Å². The Labute approximate surface area is 124 Å². The molecule has 1 unspecified atom stereocenters. The SMILES string of the molecule is Cc1ccc(C)c(S(=O)CC(=O)c2ccc(F)c(F)c2)c1. The van der Waals surface area contributed by atoms with Crippen LogP contribution in [0.3, 0.4) is 0 Å². The van der Waals surface area contributed by atoms with Crippen molar-refractivity contribution >= 4 is 16.6 Å². The van der Waals surface area contributed by atoms with Crippen molar-refractivity contribution in [2.24, 2.45) is 0 Å². The van der Waals surface area contributed by atoms with E-state index in [2.05, 4.69) is 0 Å². The van der Waals surface area contributed by atoms with E-state index in [1.165, 1.54) is 6.07 Å². The number of carbonyl (C=O) groups excluding carboxylic acids is 1. The van der Waals surface area contributed by atoms with Gasteiger partial charge in [-0.15, -0.1) is 0 Å². The molecule has 21 heavy (non-hydrogen) atoms. The molecule has 1 atom stereocenters. The summed E-state index contributed by atoms with van der Waals surface area (Å²) >= 11 is 0. The van der Waals surface area contributed by atoms with Gasteiger partial charge in [-0.2, -0.15) is 0 Å². The first-order valence-electron chi connectivity index (χ1n) is 6.32. The Morgan fingerprint density at radius 1 is 1.05 bits per heavy atom. The average Bonchev–Trinajstić information content (AvgIpc) is 2.44. The second-order valence-corrected chi connectivity index (χ2v) is 6.23. The van der Waals surface area contributed by atoms with Crippen molar-refractivity contribution in [2.45, 2.75) is 18.7 Å². The topological polar surface area (TPSA) is 34.1 Å². The monoisotopic (exact) mass is 308 g/mol. The molecule has 110 valence electrons. The molecule has 0 saturated carbocycles. The summed E-state index contributed by atoms with van der Waals surface area (Å²) in [6, 6.07) is 8.42. The number of Topliss-reactive ketones (excluding diaryl/α,β-unsaturated/α-hetero) is 1. The highest BCUT2D eigenvalue weighted by Crippen LogP contribution is 2.17. The number of hydrogen-bond donors (Lipinski definition) is 0. The number of rotatable bonds is 4. The lowest BCUT2D eigenvalue weighted by molar-refractivity contribution is 0.102. The van der Waals surface area contributed by atoms with Gasteiger partial charge in [-0.05, 0) is 49.2 Å². The first-order valence-corrected chi connectivity index (χ1v) is 7.64. The van der Waals surface area contributed by atoms with Gasteiger partial charge >= 0.3 is 0 Å². The molecule has 0 amide bonds. The molecule has 0 aromatic heterocycles. The van der Waals surface area contributed by atoms with Crippen LogP contribution in [0.15, 0.2) is 41.3 Å². The van der Waals surface area contributed by atoms with Crippen LogP contribution < -0.4 is 0 Å². The van der Waals surface area contributed by atoms with Gasteiger partial charge in [-0.1, -0.05) is 12.1 Å². The molecule has 0 aliphatic carbocycles. The Bertz CT molecular complexity index is 726. The van der Waals surface area contributed by atoms with Crippen molar-refractivity contribution in [1.82, 2.24) is 0 Å². The highest BCUT2D eigenvalue weighted by atomic mass is 32.2. The van der Waals surface area contributed by atoms with E-state index in [0.717, 1.165) is 23.3 Å². The van der Waals surface area contributed by atoms with Crippen LogP contribution in [0.2, 0.25) is 0 Å². The molecule has 0 heterocycles. The normalized spacial score (nSPS) is 12.2. The molecule has 0 spiro atoms. The standard InChI is InChI=1S/C16H14F2O2S/c1-10-3-4-11(2)16(7-10)21(20)9-15(19)12-5-6-13(17)14(18)8-12/h3-8H,9H2,1-2H3. The van der Waals surface area contributed by atoms with Crippen LogP contribution in [0.25, 0.3) is 0 Å². The van der Waals surface area contributed by atoms with E-state index < -0.39 is 28.2 Å². The second kappa shape index (κ2) is 6.26. The third-order valence-electron chi connectivity index (χ3n) is 3.09. The maximum absolute atomic E-state index is 13.1. The summed E-state index contributed by atoms with van der Waals surface area (Å²) in [7, 11) is -1.51. The molecule has 5 heteroatoms. The van der Waals surface area contributed by atoms with E-state index in [4.69, 9.17) is 0 Å². The zero-order valence-electron chi connectivity index (χ0n) is 11.7. The summed E-state index contributed by atoms with van der Waals surface area (Å²) < 4.78 is 38.2. The fourth-order valence-corrected chi connectivity index (χ4v) is 3.21. The van der Waals surface area contributed by atoms with Crippen molar-refractivity contribution < 1.29 is 17.8 Å². The highest BCUT2D eigenvalue weighted by Gasteiger charge is 2.15. The van der Waals surface area contributed by atoms with E-state index >= 15 is 0 Å². The smallest absolute Gasteiger partial charge is 0.175 e. The molecule has 0 radical (unpaired) electrons. The van der Waals surface area contributed by atoms with E-state index in [1.807, 2.05) is 26.0 Å². The van der Waals surface area contributed by atoms with Gasteiger partial charge < -0.3 is 0 Å². The molecule has 0 aliphatic rings. The summed E-state index contributed by atoms with van der Waals surface area (Å²) in [6.45, 7) is 3.69. The van der Waals surface area contributed by atoms with Gasteiger partial charge in [0.15, 0.2) is 17.4 Å². The maximum atomic E-state index is 13.1. The fraction of sp³-hybridized carbons (Fsp3) is 0.188. The Morgan fingerprint density at radius 2 is 1.76 bits per heavy atom. The zero-order chi connectivity index (χ0) is 15.6. The van der Waals surface area contributed by atoms with Gasteiger partial charge in [0.2, 0.25) is 0 Å². The van der Waals surface area contributed by atoms with Gasteiger partial charge in [-0.3, -0.25) is 9.00 Å². The Kier molecular flexibility index (Phi) is 4.63. The molecule has 2 aromatic carbocycles. The molecule has 0 saturated heterocycles. The molecular weight excluding hydrogens is 294 g/mol. The summed E-state index contributed by atoms with van der Waals surface area (Å²) in [6.07, 6.45) is 0. The van der Waals surface area contributed by atoms with Crippen molar-refractivity contribution in [1.29, 1.82) is 0 Å². The largest absolute Gasteiger partial charge is 0.293 e. The third kappa shape index (κ3) is 3.61. The number of halogens is 2. The molecule has 2 nitrogen and oxygen atoms in total. The second-order valence-electron chi connectivity index (χ2n) is 4.81. The zero-order valence-corrected chi connectivity index (χ0v) is 12.5. The van der Waals surface area contributed by atoms with Crippen molar-refractivity contribution in [2.75, 3.05) is 5.75 Å². The molecule has 2 rings (SSSR count). The minimum atomic E-state index is -1.51. The van der Waals surface area contributed by atoms with Crippen LogP contribution in [-0.4, -0.2) is 15.7 Å². The molecular formula is C16H14F2O2S. The first-order chi connectivity index (χ1) is 9.88. The number of hydrogen-bond acceptors (Lipinski definition) is 2. The Hall–Kier alpha value is -1.88. The van der Waals surface area contributed by atoms with Crippen LogP contribution in [0.4, 0.5) is 8.78 Å². The third-order valence-corrected chi connectivity index (χ3v) is 4.55. The Morgan fingerprint density at radius 3 is 2.43 bits per heavy atom. The van der Waals surface area contributed by atoms with Crippen LogP contribution in [0, 0.1) is 25.5 Å². The molecule has 2 aromatic rings. The highest BCUT2D eigenvalue weighted by molar-refractivity contribution is 7.85. The van der Waals surface area contributed by atoms with Crippen molar-refractivity contribution in [3.63, 3.8) is 0 Å². The predicted octanol–water partition coefficient (Wildman–Crippen LogP) is 3.57. The average molecular weight is 308 g/mol. The predicted molar refractivity (Wildman–Crippen MR) is 77.9 cm³/mol. The number of aryl methyl sites for hydroxylation is 2. The summed E-state index contributed by atoms with van der Waals surface area (Å²) in [5.41, 5.74) is 1.80. The number of carbonyl (C=O) groups is 1. The number of ketones is 1. The minimum absolute atomic E-state index is 0.0209. The molecule has 0 fully saturated rings. The molecule has 0 aliphatic heterocycles. The van der Waals surface area contributed by atoms with Gasteiger partial charge in [0.05, 0.1) is 16.6 Å². The minimum Gasteiger partial charge on any atom is -0.293 e. The van der Waals surface area contributed by atoms with Gasteiger partial charge in [0, 0.05) is 10.5 Å². The summed E-state index contributed by atoms with van der Waals surface area (Å²) in [5.74, 6) is -2.83. The first kappa shape index (κ1) is 15.5. The lowest BCUT2D eigenvalue weighted by atomic mass is 10.1. The van der Waals surface area contributed by atoms with Crippen molar-refractivity contribution in [3.8, 4) is 0 Å². The van der Waals surface area contributed by atoms with E-state index in [-0.39, 0.29) is 11.3 Å². The van der Waals surface area contributed by atoms with Gasteiger partial charge in [-0.25, -0.2) is 8.78 Å². The van der Waals surface area contributed by atoms with E-state index in [1.54, 1.807) is 6.07 Å². The lowest BCUT2D eigenvalue weighted by Crippen LogP contribution is -2.12. The molecule has 0 N–H and O–H groups in total. The number of benzene rings is 2. The fourth-order valence-electron chi connectivity index (χ4n) is 1.90. The van der Waals surface area contributed by atoms with Crippen LogP contribution in [0.1, 0.15) is 21.5 Å². The van der Waals surface area contributed by atoms with Crippen LogP contribution >= 0.6 is 0 Å². The maximum Gasteiger partial charge on any atom is 0.175 e.